The number of pyridine rings is 1. The van der Waals surface area contributed by atoms with Crippen LogP contribution >= 0.6 is 11.6 Å². The molecule has 5 aromatic rings. The van der Waals surface area contributed by atoms with Crippen LogP contribution in [0.15, 0.2) is 42.5 Å². The zero-order valence-corrected chi connectivity index (χ0v) is 36.2. The molecule has 2 aliphatic carbocycles. The maximum absolute atomic E-state index is 15.4. The molecule has 1 unspecified atom stereocenters. The van der Waals surface area contributed by atoms with Crippen LogP contribution in [0.4, 0.5) is 49.7 Å². The number of likely N-dealkylation sites (N-methyl/N-ethyl adjacent to an activating group) is 1. The molecule has 2 aliphatic rings. The molecule has 1 fully saturated rings. The molecule has 0 saturated heterocycles. The molecule has 0 spiro atoms. The van der Waals surface area contributed by atoms with Crippen molar-refractivity contribution in [1.29, 1.82) is 0 Å². The van der Waals surface area contributed by atoms with E-state index in [4.69, 9.17) is 16.3 Å². The highest BCUT2D eigenvalue weighted by Gasteiger charge is 2.68. The van der Waals surface area contributed by atoms with E-state index < -0.39 is 130 Å². The van der Waals surface area contributed by atoms with E-state index >= 15 is 8.78 Å². The van der Waals surface area contributed by atoms with Crippen LogP contribution in [0.25, 0.3) is 22.0 Å². The van der Waals surface area contributed by atoms with Gasteiger partial charge in [0, 0.05) is 34.4 Å². The topological polar surface area (TPSA) is 145 Å². The Balaban J connectivity index is 1.38. The molecule has 1 saturated carbocycles. The van der Waals surface area contributed by atoms with Gasteiger partial charge in [-0.25, -0.2) is 21.5 Å². The number of hydrogen-bond acceptors (Lipinski definition) is 9. The fraction of sp³-hybridized carbons (Fsp3) is 0.425. The lowest BCUT2D eigenvalue weighted by Gasteiger charge is -2.24. The van der Waals surface area contributed by atoms with Crippen LogP contribution in [-0.4, -0.2) is 89.0 Å². The van der Waals surface area contributed by atoms with Gasteiger partial charge >= 0.3 is 18.3 Å². The summed E-state index contributed by atoms with van der Waals surface area (Å²) in [7, 11) is -1.44. The van der Waals surface area contributed by atoms with Crippen LogP contribution in [0.5, 0.6) is 0 Å². The van der Waals surface area contributed by atoms with Crippen LogP contribution in [0, 0.1) is 24.5 Å². The fourth-order valence-electron chi connectivity index (χ4n) is 7.92. The number of aryl methyl sites for hydroxylation is 1. The predicted octanol–water partition coefficient (Wildman–Crippen LogP) is 7.64. The van der Waals surface area contributed by atoms with Crippen molar-refractivity contribution in [3.63, 3.8) is 0 Å². The number of carbonyl (C=O) groups excluding carboxylic acids is 2. The number of alkyl halides is 8. The van der Waals surface area contributed by atoms with E-state index in [2.05, 4.69) is 20.5 Å². The molecule has 65 heavy (non-hydrogen) atoms. The van der Waals surface area contributed by atoms with E-state index in [0.717, 1.165) is 12.1 Å². The molecule has 25 heteroatoms. The van der Waals surface area contributed by atoms with Gasteiger partial charge in [-0.3, -0.25) is 28.8 Å². The number of halogens is 11. The lowest BCUT2D eigenvalue weighted by atomic mass is 9.93. The van der Waals surface area contributed by atoms with Gasteiger partial charge in [-0.1, -0.05) is 23.7 Å². The first kappa shape index (κ1) is 47.5. The van der Waals surface area contributed by atoms with Crippen LogP contribution in [0.3, 0.4) is 0 Å². The minimum absolute atomic E-state index is 0.0996. The molecule has 0 aliphatic heterocycles. The quantitative estimate of drug-likeness (QED) is 0.0675. The summed E-state index contributed by atoms with van der Waals surface area (Å²) in [5.74, 6) is -11.2. The number of anilines is 1. The third kappa shape index (κ3) is 9.46. The number of benzene rings is 2. The largest absolute Gasteiger partial charge is 0.442 e. The molecule has 13 nitrogen and oxygen atoms in total. The van der Waals surface area contributed by atoms with E-state index in [9.17, 15) is 53.1 Å². The van der Waals surface area contributed by atoms with E-state index in [-0.39, 0.29) is 49.6 Å². The van der Waals surface area contributed by atoms with E-state index in [1.165, 1.54) is 57.1 Å². The second-order valence-electron chi connectivity index (χ2n) is 16.1. The van der Waals surface area contributed by atoms with Gasteiger partial charge in [-0.05, 0) is 76.5 Å². The van der Waals surface area contributed by atoms with Crippen molar-refractivity contribution in [1.82, 2.24) is 34.8 Å². The van der Waals surface area contributed by atoms with Gasteiger partial charge in [-0.15, -0.1) is 0 Å². The van der Waals surface area contributed by atoms with Gasteiger partial charge in [0.25, 0.3) is 5.92 Å². The van der Waals surface area contributed by atoms with E-state index in [1.807, 2.05) is 0 Å². The Hall–Kier alpha value is -5.49. The molecule has 3 aromatic heterocycles. The lowest BCUT2D eigenvalue weighted by molar-refractivity contribution is -0.148. The Morgan fingerprint density at radius 1 is 1.00 bits per heavy atom. The Kier molecular flexibility index (Phi) is 12.2. The molecule has 3 heterocycles. The Morgan fingerprint density at radius 3 is 2.25 bits per heavy atom. The highest BCUT2D eigenvalue weighted by molar-refractivity contribution is 7.92. The summed E-state index contributed by atoms with van der Waals surface area (Å²) in [5, 5.41) is 9.19. The highest BCUT2D eigenvalue weighted by Crippen LogP contribution is 2.68. The summed E-state index contributed by atoms with van der Waals surface area (Å²) in [4.78, 5) is 32.7. The third-order valence-corrected chi connectivity index (χ3v) is 12.5. The van der Waals surface area contributed by atoms with Gasteiger partial charge in [0.1, 0.15) is 36.5 Å². The first-order chi connectivity index (χ1) is 30.1. The number of carbonyl (C=O) groups is 2. The Labute approximate surface area is 368 Å². The second kappa shape index (κ2) is 16.7. The number of esters is 1. The number of nitrogens with zero attached hydrogens (tertiary/aromatic N) is 7. The molecule has 7 rings (SSSR count). The number of aromatic nitrogens is 5. The minimum atomic E-state index is -5.15. The lowest BCUT2D eigenvalue weighted by Crippen LogP contribution is -2.39. The van der Waals surface area contributed by atoms with Crippen LogP contribution < -0.4 is 9.62 Å². The molecular formula is C40H37ClF10N8O5S. The van der Waals surface area contributed by atoms with Crippen molar-refractivity contribution in [2.45, 2.75) is 76.1 Å². The fourth-order valence-corrected chi connectivity index (χ4v) is 8.85. The predicted molar refractivity (Wildman–Crippen MR) is 213 cm³/mol. The molecule has 1 N–H and O–H groups in total. The Morgan fingerprint density at radius 2 is 1.65 bits per heavy atom. The van der Waals surface area contributed by atoms with E-state index in [1.54, 1.807) is 0 Å². The molecular weight excluding hydrogens is 930 g/mol. The highest BCUT2D eigenvalue weighted by atomic mass is 35.5. The van der Waals surface area contributed by atoms with Gasteiger partial charge in [0.05, 0.1) is 33.9 Å². The number of amides is 1. The average Bonchev–Trinajstić information content (AvgIpc) is 3.68. The molecule has 0 bridgehead atoms. The smallest absolute Gasteiger partial charge is 0.435 e. The minimum Gasteiger partial charge on any atom is -0.442 e. The number of rotatable bonds is 14. The first-order valence-corrected chi connectivity index (χ1v) is 21.6. The second-order valence-corrected chi connectivity index (χ2v) is 18.4. The van der Waals surface area contributed by atoms with Gasteiger partial charge < -0.3 is 10.1 Å². The number of sulfonamides is 1. The molecule has 2 aromatic carbocycles. The summed E-state index contributed by atoms with van der Waals surface area (Å²) in [6, 6.07) is 5.02. The van der Waals surface area contributed by atoms with Crippen LogP contribution in [-0.2, 0) is 56.0 Å². The standard InChI is InChI=1S/C40H37ClF10N8O5S/c1-18-6-7-23(24-8-9-27(41)31-33(24)58(16-38(44,45)46)55-36(31)59(65(5,62)63)17-64-37(61)19(2)56(3)4)32(52-18)28(12-20-10-21(42)13-22(43)11-20)53-29(60)15-57-35-30(34(54-57)40(49,50)51)25-14-26(25)39(35,47)48/h6-11,13,19,25-26,28H,12,14-17H2,1-5H3,(H,53,60)/t19-,25-,26?,28-/m0/s1. The normalized spacial score (nSPS) is 17.8. The zero-order valence-electron chi connectivity index (χ0n) is 34.6. The zero-order chi connectivity index (χ0) is 47.9. The summed E-state index contributed by atoms with van der Waals surface area (Å²) in [5.41, 5.74) is -4.23. The average molecular weight is 967 g/mol. The molecule has 4 atom stereocenters. The summed E-state index contributed by atoms with van der Waals surface area (Å²) in [6.07, 6.45) is -10.2. The van der Waals surface area contributed by atoms with Gasteiger partial charge in [0.2, 0.25) is 15.9 Å². The van der Waals surface area contributed by atoms with Crippen LogP contribution in [0.2, 0.25) is 5.02 Å². The number of fused-ring (bicyclic) bond motifs is 4. The third-order valence-electron chi connectivity index (χ3n) is 11.1. The first-order valence-electron chi connectivity index (χ1n) is 19.4. The number of nitrogens with one attached hydrogen (secondary N) is 1. The van der Waals surface area contributed by atoms with Crippen LogP contribution in [0.1, 0.15) is 59.2 Å². The van der Waals surface area contributed by atoms with Crippen molar-refractivity contribution < 1.29 is 66.6 Å². The maximum Gasteiger partial charge on any atom is 0.435 e. The summed E-state index contributed by atoms with van der Waals surface area (Å²) in [6.45, 7) is -1.18. The SMILES string of the molecule is Cc1ccc(-c2ccc(Cl)c3c(N(COC(=O)[C@H](C)N(C)C)S(C)(=O)=O)nn(CC(F)(F)F)c23)c([C@H](Cc2cc(F)cc(F)c2)NC(=O)Cn2nc(C(F)(F)F)c3c2C(F)(F)C2C[C@H]32)n1. The van der Waals surface area contributed by atoms with Crippen molar-refractivity contribution in [2.75, 3.05) is 31.4 Å². The number of hydrogen-bond donors (Lipinski definition) is 1. The Bertz CT molecular complexity index is 2810. The maximum atomic E-state index is 15.4. The van der Waals surface area contributed by atoms with Crippen molar-refractivity contribution >= 4 is 50.2 Å². The van der Waals surface area contributed by atoms with Gasteiger partial charge in [0.15, 0.2) is 18.2 Å². The molecule has 0 radical (unpaired) electrons. The number of ether oxygens (including phenoxy) is 1. The molecule has 1 amide bonds. The summed E-state index contributed by atoms with van der Waals surface area (Å²) < 4.78 is 178. The van der Waals surface area contributed by atoms with Crippen molar-refractivity contribution in [3.8, 4) is 11.1 Å². The van der Waals surface area contributed by atoms with Crippen molar-refractivity contribution in [3.05, 3.63) is 93.0 Å². The van der Waals surface area contributed by atoms with Crippen molar-refractivity contribution in [2.24, 2.45) is 5.92 Å². The van der Waals surface area contributed by atoms with E-state index in [0.29, 0.717) is 21.3 Å². The monoisotopic (exact) mass is 966 g/mol. The summed E-state index contributed by atoms with van der Waals surface area (Å²) >= 11 is 6.62. The molecule has 350 valence electrons. The van der Waals surface area contributed by atoms with Gasteiger partial charge in [-0.2, -0.15) is 45.3 Å².